The third kappa shape index (κ3) is 1.50. The van der Waals surface area contributed by atoms with Gasteiger partial charge in [-0.25, -0.2) is 4.39 Å². The van der Waals surface area contributed by atoms with Gasteiger partial charge >= 0.3 is 0 Å². The van der Waals surface area contributed by atoms with E-state index in [0.29, 0.717) is 5.69 Å². The Kier molecular flexibility index (Phi) is 2.87. The van der Waals surface area contributed by atoms with Crippen molar-refractivity contribution in [1.82, 2.24) is 0 Å². The maximum atomic E-state index is 13.1. The van der Waals surface area contributed by atoms with E-state index < -0.39 is 0 Å². The number of nitrogens with one attached hydrogen (secondary N) is 1. The average molecular weight is 230 g/mol. The van der Waals surface area contributed by atoms with Crippen LogP contribution in [0.2, 0.25) is 0 Å². The molecule has 0 bridgehead atoms. The van der Waals surface area contributed by atoms with E-state index in [1.54, 1.807) is 19.2 Å². The zero-order chi connectivity index (χ0) is 9.14. The Bertz CT molecular complexity index is 310. The normalized spacial score (nSPS) is 9.58. The fraction of sp³-hybridized carbons (Fsp3) is 0.111. The summed E-state index contributed by atoms with van der Waals surface area (Å²) in [6.45, 7) is 3.60. The van der Waals surface area contributed by atoms with Crippen LogP contribution in [0.1, 0.15) is 5.56 Å². The summed E-state index contributed by atoms with van der Waals surface area (Å²) in [6.07, 6.45) is 1.61. The van der Waals surface area contributed by atoms with Crippen molar-refractivity contribution >= 4 is 27.7 Å². The SMILES string of the molecule is C=Cc1c(Br)ccc(F)c1NC. The van der Waals surface area contributed by atoms with Crippen molar-refractivity contribution in [2.24, 2.45) is 0 Å². The number of benzene rings is 1. The Hall–Kier alpha value is -0.830. The van der Waals surface area contributed by atoms with Gasteiger partial charge in [0, 0.05) is 17.1 Å². The molecule has 0 saturated carbocycles. The first kappa shape index (κ1) is 9.26. The first-order valence-electron chi connectivity index (χ1n) is 3.49. The molecular weight excluding hydrogens is 221 g/mol. The smallest absolute Gasteiger partial charge is 0.146 e. The Morgan fingerprint density at radius 3 is 2.67 bits per heavy atom. The maximum Gasteiger partial charge on any atom is 0.146 e. The van der Waals surface area contributed by atoms with Gasteiger partial charge in [0.25, 0.3) is 0 Å². The first-order chi connectivity index (χ1) is 5.70. The number of hydrogen-bond donors (Lipinski definition) is 1. The molecule has 0 heterocycles. The highest BCUT2D eigenvalue weighted by Gasteiger charge is 2.07. The molecule has 12 heavy (non-hydrogen) atoms. The summed E-state index contributed by atoms with van der Waals surface area (Å²) in [7, 11) is 1.68. The van der Waals surface area contributed by atoms with Crippen molar-refractivity contribution in [2.75, 3.05) is 12.4 Å². The third-order valence-electron chi connectivity index (χ3n) is 1.60. The molecule has 0 aliphatic rings. The predicted octanol–water partition coefficient (Wildman–Crippen LogP) is 3.27. The Labute approximate surface area is 79.4 Å². The molecule has 0 fully saturated rings. The van der Waals surface area contributed by atoms with Gasteiger partial charge in [0.2, 0.25) is 0 Å². The topological polar surface area (TPSA) is 12.0 Å². The van der Waals surface area contributed by atoms with Crippen LogP contribution >= 0.6 is 15.9 Å². The molecule has 0 aliphatic carbocycles. The minimum atomic E-state index is -0.268. The standard InChI is InChI=1S/C9H9BrFN/c1-3-6-7(10)4-5-8(11)9(6)12-2/h3-5,12H,1H2,2H3. The molecular formula is C9H9BrFN. The van der Waals surface area contributed by atoms with Gasteiger partial charge in [0.1, 0.15) is 5.82 Å². The van der Waals surface area contributed by atoms with Crippen LogP contribution in [0, 0.1) is 5.82 Å². The van der Waals surface area contributed by atoms with Crippen molar-refractivity contribution in [2.45, 2.75) is 0 Å². The molecule has 1 aromatic carbocycles. The van der Waals surface area contributed by atoms with Crippen LogP contribution in [0.4, 0.5) is 10.1 Å². The lowest BCUT2D eigenvalue weighted by atomic mass is 10.1. The van der Waals surface area contributed by atoms with Crippen LogP contribution in [0.3, 0.4) is 0 Å². The molecule has 0 unspecified atom stereocenters. The zero-order valence-corrected chi connectivity index (χ0v) is 8.28. The summed E-state index contributed by atoms with van der Waals surface area (Å²) >= 11 is 3.30. The van der Waals surface area contributed by atoms with E-state index in [1.807, 2.05) is 0 Å². The summed E-state index contributed by atoms with van der Waals surface area (Å²) in [5.41, 5.74) is 1.22. The van der Waals surface area contributed by atoms with Crippen LogP contribution in [-0.2, 0) is 0 Å². The summed E-state index contributed by atoms with van der Waals surface area (Å²) in [4.78, 5) is 0. The molecule has 0 aromatic heterocycles. The summed E-state index contributed by atoms with van der Waals surface area (Å²) in [5, 5.41) is 2.78. The molecule has 0 aliphatic heterocycles. The van der Waals surface area contributed by atoms with Gasteiger partial charge in [-0.15, -0.1) is 0 Å². The van der Waals surface area contributed by atoms with Crippen molar-refractivity contribution < 1.29 is 4.39 Å². The van der Waals surface area contributed by atoms with Gasteiger partial charge in [-0.1, -0.05) is 28.6 Å². The van der Waals surface area contributed by atoms with Crippen LogP contribution in [0.5, 0.6) is 0 Å². The number of halogens is 2. The molecule has 0 atom stereocenters. The lowest BCUT2D eigenvalue weighted by Crippen LogP contribution is -1.96. The monoisotopic (exact) mass is 229 g/mol. The first-order valence-corrected chi connectivity index (χ1v) is 4.28. The van der Waals surface area contributed by atoms with Gasteiger partial charge in [-0.05, 0) is 12.1 Å². The molecule has 1 aromatic rings. The van der Waals surface area contributed by atoms with E-state index in [0.717, 1.165) is 10.0 Å². The van der Waals surface area contributed by atoms with Crippen LogP contribution in [-0.4, -0.2) is 7.05 Å². The second kappa shape index (κ2) is 3.72. The molecule has 1 rings (SSSR count). The molecule has 1 nitrogen and oxygen atoms in total. The van der Waals surface area contributed by atoms with E-state index in [9.17, 15) is 4.39 Å². The summed E-state index contributed by atoms with van der Waals surface area (Å²) in [6, 6.07) is 3.07. The molecule has 0 amide bonds. The van der Waals surface area contributed by atoms with Crippen molar-refractivity contribution in [3.63, 3.8) is 0 Å². The Morgan fingerprint density at radius 1 is 1.58 bits per heavy atom. The molecule has 3 heteroatoms. The molecule has 0 radical (unpaired) electrons. The number of anilines is 1. The highest BCUT2D eigenvalue weighted by Crippen LogP contribution is 2.28. The van der Waals surface area contributed by atoms with Gasteiger partial charge in [-0.3, -0.25) is 0 Å². The lowest BCUT2D eigenvalue weighted by molar-refractivity contribution is 0.631. The fourth-order valence-corrected chi connectivity index (χ4v) is 1.51. The predicted molar refractivity (Wildman–Crippen MR) is 53.7 cm³/mol. The summed E-state index contributed by atoms with van der Waals surface area (Å²) in [5.74, 6) is -0.268. The molecule has 0 saturated heterocycles. The second-order valence-electron chi connectivity index (χ2n) is 2.27. The van der Waals surface area contributed by atoms with Crippen molar-refractivity contribution in [1.29, 1.82) is 0 Å². The highest BCUT2D eigenvalue weighted by atomic mass is 79.9. The minimum absolute atomic E-state index is 0.268. The van der Waals surface area contributed by atoms with Crippen LogP contribution < -0.4 is 5.32 Å². The van der Waals surface area contributed by atoms with Crippen LogP contribution in [0.25, 0.3) is 6.08 Å². The third-order valence-corrected chi connectivity index (χ3v) is 2.29. The molecule has 1 N–H and O–H groups in total. The second-order valence-corrected chi connectivity index (χ2v) is 3.13. The highest BCUT2D eigenvalue weighted by molar-refractivity contribution is 9.10. The van der Waals surface area contributed by atoms with E-state index in [-0.39, 0.29) is 5.82 Å². The fourth-order valence-electron chi connectivity index (χ4n) is 1.02. The van der Waals surface area contributed by atoms with Gasteiger partial charge in [0.15, 0.2) is 0 Å². The van der Waals surface area contributed by atoms with E-state index >= 15 is 0 Å². The average Bonchev–Trinajstić information content (AvgIpc) is 2.08. The van der Waals surface area contributed by atoms with Crippen molar-refractivity contribution in [3.05, 3.63) is 34.6 Å². The number of rotatable bonds is 2. The molecule has 0 spiro atoms. The summed E-state index contributed by atoms with van der Waals surface area (Å²) < 4.78 is 13.9. The zero-order valence-electron chi connectivity index (χ0n) is 6.70. The molecule has 64 valence electrons. The van der Waals surface area contributed by atoms with Gasteiger partial charge in [-0.2, -0.15) is 0 Å². The minimum Gasteiger partial charge on any atom is -0.385 e. The van der Waals surface area contributed by atoms with E-state index in [1.165, 1.54) is 6.07 Å². The Balaban J connectivity index is 3.38. The van der Waals surface area contributed by atoms with Gasteiger partial charge < -0.3 is 5.32 Å². The largest absolute Gasteiger partial charge is 0.385 e. The van der Waals surface area contributed by atoms with Gasteiger partial charge in [0.05, 0.1) is 5.69 Å². The van der Waals surface area contributed by atoms with Crippen molar-refractivity contribution in [3.8, 4) is 0 Å². The van der Waals surface area contributed by atoms with E-state index in [4.69, 9.17) is 0 Å². The number of hydrogen-bond acceptors (Lipinski definition) is 1. The lowest BCUT2D eigenvalue weighted by Gasteiger charge is -2.07. The van der Waals surface area contributed by atoms with E-state index in [2.05, 4.69) is 27.8 Å². The quantitative estimate of drug-likeness (QED) is 0.822. The van der Waals surface area contributed by atoms with Crippen LogP contribution in [0.15, 0.2) is 23.2 Å². The Morgan fingerprint density at radius 2 is 2.25 bits per heavy atom. The maximum absolute atomic E-state index is 13.1.